The summed E-state index contributed by atoms with van der Waals surface area (Å²) in [4.78, 5) is 28.9. The van der Waals surface area contributed by atoms with E-state index in [-0.39, 0.29) is 5.04 Å². The van der Waals surface area contributed by atoms with E-state index in [0.29, 0.717) is 72.1 Å². The van der Waals surface area contributed by atoms with Crippen LogP contribution in [0.15, 0.2) is 36.5 Å². The van der Waals surface area contributed by atoms with Crippen molar-refractivity contribution in [1.82, 2.24) is 15.0 Å². The van der Waals surface area contributed by atoms with Crippen molar-refractivity contribution in [3.05, 3.63) is 47.7 Å². The molecule has 0 aliphatic carbocycles. The number of benzene rings is 1. The molecule has 2 N–H and O–H groups in total. The Bertz CT molecular complexity index is 1680. The molecule has 1 aliphatic rings. The van der Waals surface area contributed by atoms with E-state index in [0.717, 1.165) is 5.56 Å². The van der Waals surface area contributed by atoms with Crippen molar-refractivity contribution < 1.29 is 23.4 Å². The van der Waals surface area contributed by atoms with Crippen LogP contribution in [0.4, 0.5) is 27.9 Å². The van der Waals surface area contributed by atoms with Gasteiger partial charge in [-0.15, -0.1) is 0 Å². The van der Waals surface area contributed by atoms with Crippen molar-refractivity contribution >= 4 is 37.6 Å². The van der Waals surface area contributed by atoms with Gasteiger partial charge in [0.25, 0.3) is 0 Å². The topological polar surface area (TPSA) is 144 Å². The zero-order valence-corrected chi connectivity index (χ0v) is 31.1. The summed E-state index contributed by atoms with van der Waals surface area (Å²) in [6.07, 6.45) is 1.15. The third-order valence-electron chi connectivity index (χ3n) is 8.69. The molecule has 13 heteroatoms. The van der Waals surface area contributed by atoms with Gasteiger partial charge < -0.3 is 29.3 Å². The highest BCUT2D eigenvalue weighted by molar-refractivity contribution is 6.74. The highest BCUT2D eigenvalue weighted by atomic mass is 28.4. The van der Waals surface area contributed by atoms with E-state index in [1.807, 2.05) is 39.0 Å². The minimum absolute atomic E-state index is 0.00127. The Balaban J connectivity index is 1.74. The molecular formula is C35H49N7O5Si. The number of nitrogens with one attached hydrogen (secondary N) is 2. The molecule has 12 nitrogen and oxygen atoms in total. The second-order valence-electron chi connectivity index (χ2n) is 14.8. The maximum Gasteiger partial charge on any atom is 0.414 e. The first-order valence-electron chi connectivity index (χ1n) is 16.0. The zero-order chi connectivity index (χ0) is 35.5. The van der Waals surface area contributed by atoms with Gasteiger partial charge in [0.2, 0.25) is 11.8 Å². The molecule has 258 valence electrons. The fraction of sp³-hybridized carbons (Fsp3) is 0.514. The number of amides is 1. The lowest BCUT2D eigenvalue weighted by atomic mass is 9.83. The number of hydrogen-bond acceptors (Lipinski definition) is 11. The SMILES string of the molecule is COCCNc1ccc(Nc2nccc(-c3cc(C#N)c4c(c3)C(C)(CO[Si](C)(C)C(C)(C)C)CN4C(=O)OC(C)(C)C)n2)c(OC)n1. The van der Waals surface area contributed by atoms with Gasteiger partial charge in [0.1, 0.15) is 23.2 Å². The fourth-order valence-electron chi connectivity index (χ4n) is 5.06. The van der Waals surface area contributed by atoms with Crippen molar-refractivity contribution in [2.45, 2.75) is 77.6 Å². The number of carbonyl (C=O) groups is 1. The van der Waals surface area contributed by atoms with Crippen LogP contribution < -0.4 is 20.3 Å². The van der Waals surface area contributed by atoms with E-state index < -0.39 is 25.4 Å². The minimum Gasteiger partial charge on any atom is -0.479 e. The number of carbonyl (C=O) groups excluding carboxylic acids is 1. The predicted octanol–water partition coefficient (Wildman–Crippen LogP) is 7.26. The lowest BCUT2D eigenvalue weighted by molar-refractivity contribution is 0.0575. The number of pyridine rings is 1. The first kappa shape index (κ1) is 36.6. The Morgan fingerprint density at radius 1 is 1.10 bits per heavy atom. The van der Waals surface area contributed by atoms with E-state index in [9.17, 15) is 10.1 Å². The zero-order valence-electron chi connectivity index (χ0n) is 30.1. The number of ether oxygens (including phenoxy) is 3. The summed E-state index contributed by atoms with van der Waals surface area (Å²) in [6, 6.07) is 11.5. The Morgan fingerprint density at radius 2 is 1.83 bits per heavy atom. The second-order valence-corrected chi connectivity index (χ2v) is 19.6. The van der Waals surface area contributed by atoms with Crippen molar-refractivity contribution in [2.24, 2.45) is 0 Å². The largest absolute Gasteiger partial charge is 0.479 e. The van der Waals surface area contributed by atoms with E-state index in [4.69, 9.17) is 23.6 Å². The summed E-state index contributed by atoms with van der Waals surface area (Å²) in [5, 5.41) is 16.8. The number of rotatable bonds is 11. The Labute approximate surface area is 285 Å². The van der Waals surface area contributed by atoms with Crippen molar-refractivity contribution in [3.63, 3.8) is 0 Å². The predicted molar refractivity (Wildman–Crippen MR) is 191 cm³/mol. The molecule has 2 aromatic heterocycles. The van der Waals surface area contributed by atoms with Gasteiger partial charge in [0.15, 0.2) is 8.32 Å². The molecular weight excluding hydrogens is 627 g/mol. The molecule has 0 radical (unpaired) electrons. The Hall–Kier alpha value is -4.25. The van der Waals surface area contributed by atoms with Gasteiger partial charge in [-0.05, 0) is 74.8 Å². The molecule has 0 bridgehead atoms. The highest BCUT2D eigenvalue weighted by Crippen LogP contribution is 2.47. The standard InChI is InChI=1S/C35H49N7O5Si/c1-33(2,3)47-32(43)42-21-35(7,22-46-48(10,11)34(4,5)6)25-19-23(18-24(20-36)29(25)42)26-14-15-38-31(39-26)40-27-12-13-28(37-16-17-44-8)41-30(27)45-9/h12-15,18-19H,16-17,21-22H2,1-11H3,(H,37,41)(H,38,39,40). The Kier molecular flexibility index (Phi) is 10.7. The van der Waals surface area contributed by atoms with Crippen molar-refractivity contribution in [2.75, 3.05) is 56.1 Å². The second kappa shape index (κ2) is 14.1. The van der Waals surface area contributed by atoms with E-state index in [2.05, 4.69) is 67.5 Å². The fourth-order valence-corrected chi connectivity index (χ4v) is 6.17. The van der Waals surface area contributed by atoms with E-state index in [1.165, 1.54) is 0 Å². The number of anilines is 4. The summed E-state index contributed by atoms with van der Waals surface area (Å²) < 4.78 is 23.2. The number of fused-ring (bicyclic) bond motifs is 1. The van der Waals surface area contributed by atoms with Crippen molar-refractivity contribution in [1.29, 1.82) is 5.26 Å². The van der Waals surface area contributed by atoms with Gasteiger partial charge in [0, 0.05) is 44.0 Å². The van der Waals surface area contributed by atoms with Crippen LogP contribution in [-0.2, 0) is 19.3 Å². The third-order valence-corrected chi connectivity index (χ3v) is 13.2. The van der Waals surface area contributed by atoms with Crippen LogP contribution in [-0.4, -0.2) is 75.5 Å². The summed E-state index contributed by atoms with van der Waals surface area (Å²) >= 11 is 0. The van der Waals surface area contributed by atoms with Gasteiger partial charge in [-0.1, -0.05) is 27.7 Å². The molecule has 3 heterocycles. The van der Waals surface area contributed by atoms with Crippen LogP contribution in [0.25, 0.3) is 11.3 Å². The molecule has 0 fully saturated rings. The molecule has 4 rings (SSSR count). The van der Waals surface area contributed by atoms with Gasteiger partial charge in [0.05, 0.1) is 30.7 Å². The maximum atomic E-state index is 13.6. The maximum absolute atomic E-state index is 13.6. The van der Waals surface area contributed by atoms with Crippen LogP contribution in [0.3, 0.4) is 0 Å². The quantitative estimate of drug-likeness (QED) is 0.157. The molecule has 48 heavy (non-hydrogen) atoms. The first-order valence-corrected chi connectivity index (χ1v) is 18.9. The molecule has 1 aromatic carbocycles. The summed E-state index contributed by atoms with van der Waals surface area (Å²) in [7, 11) is 1.04. The number of methoxy groups -OCH3 is 2. The van der Waals surface area contributed by atoms with E-state index in [1.54, 1.807) is 37.4 Å². The number of hydrogen-bond donors (Lipinski definition) is 2. The number of nitrogens with zero attached hydrogens (tertiary/aromatic N) is 5. The van der Waals surface area contributed by atoms with Gasteiger partial charge in [-0.25, -0.2) is 14.8 Å². The van der Waals surface area contributed by atoms with Crippen LogP contribution >= 0.6 is 0 Å². The summed E-state index contributed by atoms with van der Waals surface area (Å²) in [5.41, 5.74) is 2.29. The molecule has 0 spiro atoms. The average molecular weight is 676 g/mol. The normalized spacial score (nSPS) is 16.2. The van der Waals surface area contributed by atoms with Gasteiger partial charge >= 0.3 is 6.09 Å². The smallest absolute Gasteiger partial charge is 0.414 e. The molecule has 1 aliphatic heterocycles. The number of nitriles is 1. The summed E-state index contributed by atoms with van der Waals surface area (Å²) in [5.74, 6) is 1.34. The highest BCUT2D eigenvalue weighted by Gasteiger charge is 2.47. The van der Waals surface area contributed by atoms with Crippen LogP contribution in [0.1, 0.15) is 59.6 Å². The van der Waals surface area contributed by atoms with Crippen molar-refractivity contribution in [3.8, 4) is 23.2 Å². The molecule has 0 saturated heterocycles. The van der Waals surface area contributed by atoms with Crippen LogP contribution in [0.2, 0.25) is 18.1 Å². The molecule has 1 amide bonds. The van der Waals surface area contributed by atoms with Crippen LogP contribution in [0, 0.1) is 11.3 Å². The molecule has 1 atom stereocenters. The lowest BCUT2D eigenvalue weighted by Crippen LogP contribution is -2.46. The average Bonchev–Trinajstić information content (AvgIpc) is 3.32. The first-order chi connectivity index (χ1) is 22.4. The minimum atomic E-state index is -2.15. The molecule has 3 aromatic rings. The van der Waals surface area contributed by atoms with E-state index >= 15 is 0 Å². The van der Waals surface area contributed by atoms with Gasteiger partial charge in [-0.3, -0.25) is 4.90 Å². The van der Waals surface area contributed by atoms with Gasteiger partial charge in [-0.2, -0.15) is 10.2 Å². The number of aromatic nitrogens is 3. The third kappa shape index (κ3) is 8.23. The Morgan fingerprint density at radius 3 is 2.46 bits per heavy atom. The summed E-state index contributed by atoms with van der Waals surface area (Å²) in [6.45, 7) is 20.4. The monoisotopic (exact) mass is 675 g/mol. The van der Waals surface area contributed by atoms with Crippen LogP contribution in [0.5, 0.6) is 5.88 Å². The lowest BCUT2D eigenvalue weighted by Gasteiger charge is -2.39. The molecule has 0 saturated carbocycles. The molecule has 1 unspecified atom stereocenters.